The summed E-state index contributed by atoms with van der Waals surface area (Å²) in [6, 6.07) is 7.50. The maximum Gasteiger partial charge on any atom is 0.414 e. The van der Waals surface area contributed by atoms with Gasteiger partial charge in [0.05, 0.1) is 12.2 Å². The van der Waals surface area contributed by atoms with Gasteiger partial charge in [-0.15, -0.1) is 15.0 Å². The molecule has 1 fully saturated rings. The van der Waals surface area contributed by atoms with E-state index in [-0.39, 0.29) is 17.8 Å². The molecule has 2 aromatic heterocycles. The Hall–Kier alpha value is -3.73. The van der Waals surface area contributed by atoms with Crippen LogP contribution < -0.4 is 4.90 Å². The lowest BCUT2D eigenvalue weighted by Crippen LogP contribution is -2.32. The van der Waals surface area contributed by atoms with Crippen LogP contribution in [0.1, 0.15) is 0 Å². The van der Waals surface area contributed by atoms with Crippen molar-refractivity contribution in [2.75, 3.05) is 18.1 Å². The van der Waals surface area contributed by atoms with E-state index in [4.69, 9.17) is 4.74 Å². The molecular weight excluding hydrogens is 398 g/mol. The molecule has 4 rings (SSSR count). The number of tetrazole rings is 1. The molecule has 11 heteroatoms. The van der Waals surface area contributed by atoms with Crippen LogP contribution in [0.4, 0.5) is 19.3 Å². The maximum atomic E-state index is 14.7. The summed E-state index contributed by atoms with van der Waals surface area (Å²) in [5.74, 6) is -0.282. The van der Waals surface area contributed by atoms with E-state index >= 15 is 0 Å². The lowest BCUT2D eigenvalue weighted by Gasteiger charge is -2.15. The molecule has 1 saturated heterocycles. The SMILES string of the molecule is C=Cn1nnc(-c2ccc(-c3ccc(N4CC(C(O)CF)OC4=O)cc3F)cn2)n1. The molecule has 0 radical (unpaired) electrons. The zero-order chi connectivity index (χ0) is 21.3. The second kappa shape index (κ2) is 7.95. The van der Waals surface area contributed by atoms with Crippen LogP contribution in [-0.2, 0) is 4.74 Å². The highest BCUT2D eigenvalue weighted by Crippen LogP contribution is 2.30. The van der Waals surface area contributed by atoms with Crippen molar-refractivity contribution in [2.45, 2.75) is 12.2 Å². The minimum absolute atomic E-state index is 0.0721. The molecule has 2 unspecified atom stereocenters. The van der Waals surface area contributed by atoms with Crippen LogP contribution in [0.25, 0.3) is 28.8 Å². The average Bonchev–Trinajstić information content (AvgIpc) is 3.40. The van der Waals surface area contributed by atoms with Gasteiger partial charge >= 0.3 is 6.09 Å². The van der Waals surface area contributed by atoms with Gasteiger partial charge in [0.25, 0.3) is 0 Å². The first-order chi connectivity index (χ1) is 14.5. The van der Waals surface area contributed by atoms with E-state index in [0.29, 0.717) is 17.1 Å². The molecule has 30 heavy (non-hydrogen) atoms. The number of carbonyl (C=O) groups excluding carboxylic acids is 1. The van der Waals surface area contributed by atoms with Crippen molar-refractivity contribution in [3.05, 3.63) is 48.9 Å². The van der Waals surface area contributed by atoms with Crippen LogP contribution in [0, 0.1) is 5.82 Å². The van der Waals surface area contributed by atoms with Gasteiger partial charge in [-0.2, -0.15) is 0 Å². The molecule has 0 bridgehead atoms. The lowest BCUT2D eigenvalue weighted by atomic mass is 10.1. The molecule has 0 spiro atoms. The predicted molar refractivity (Wildman–Crippen MR) is 102 cm³/mol. The number of alkyl halides is 1. The number of halogens is 2. The van der Waals surface area contributed by atoms with Gasteiger partial charge in [0, 0.05) is 23.5 Å². The second-order valence-electron chi connectivity index (χ2n) is 6.47. The molecule has 2 atom stereocenters. The monoisotopic (exact) mass is 414 g/mol. The molecule has 1 aromatic carbocycles. The predicted octanol–water partition coefficient (Wildman–Crippen LogP) is 2.30. The van der Waals surface area contributed by atoms with E-state index in [0.717, 1.165) is 4.90 Å². The summed E-state index contributed by atoms with van der Waals surface area (Å²) in [7, 11) is 0. The smallest absolute Gasteiger partial charge is 0.414 e. The average molecular weight is 414 g/mol. The molecule has 154 valence electrons. The van der Waals surface area contributed by atoms with Crippen molar-refractivity contribution in [1.82, 2.24) is 25.2 Å². The number of carbonyl (C=O) groups is 1. The molecule has 1 N–H and O–H groups in total. The fraction of sp³-hybridized carbons (Fsp3) is 0.211. The molecule has 0 saturated carbocycles. The van der Waals surface area contributed by atoms with Crippen LogP contribution >= 0.6 is 0 Å². The highest BCUT2D eigenvalue weighted by Gasteiger charge is 2.37. The standard InChI is InChI=1S/C19H16F2N6O3/c1-2-27-24-18(23-25-27)15-6-3-11(9-22-15)13-5-4-12(7-14(13)21)26-10-17(16(28)8-20)30-19(26)29/h2-7,9,16-17,28H,1,8,10H2. The maximum absolute atomic E-state index is 14.7. The van der Waals surface area contributed by atoms with E-state index in [2.05, 4.69) is 27.0 Å². The first-order valence-corrected chi connectivity index (χ1v) is 8.90. The second-order valence-corrected chi connectivity index (χ2v) is 6.47. The van der Waals surface area contributed by atoms with Crippen molar-refractivity contribution in [2.24, 2.45) is 0 Å². The van der Waals surface area contributed by atoms with Gasteiger partial charge in [-0.25, -0.2) is 13.6 Å². The molecule has 1 amide bonds. The molecule has 3 aromatic rings. The number of anilines is 1. The Bertz CT molecular complexity index is 1090. The summed E-state index contributed by atoms with van der Waals surface area (Å²) < 4.78 is 32.3. The van der Waals surface area contributed by atoms with E-state index in [1.807, 2.05) is 0 Å². The third kappa shape index (κ3) is 3.62. The number of nitrogens with zero attached hydrogens (tertiary/aromatic N) is 6. The summed E-state index contributed by atoms with van der Waals surface area (Å²) in [4.78, 5) is 18.6. The summed E-state index contributed by atoms with van der Waals surface area (Å²) in [6.45, 7) is 2.42. The number of aliphatic hydroxyl groups is 1. The minimum Gasteiger partial charge on any atom is -0.441 e. The van der Waals surface area contributed by atoms with Gasteiger partial charge < -0.3 is 9.84 Å². The number of rotatable bonds is 6. The Morgan fingerprint density at radius 1 is 1.37 bits per heavy atom. The lowest BCUT2D eigenvalue weighted by molar-refractivity contribution is 0.0188. The Balaban J connectivity index is 1.55. The van der Waals surface area contributed by atoms with Crippen LogP contribution in [0.3, 0.4) is 0 Å². The van der Waals surface area contributed by atoms with E-state index in [9.17, 15) is 18.7 Å². The Morgan fingerprint density at radius 3 is 2.83 bits per heavy atom. The van der Waals surface area contributed by atoms with Crippen LogP contribution in [0.2, 0.25) is 0 Å². The van der Waals surface area contributed by atoms with E-state index < -0.39 is 30.8 Å². The van der Waals surface area contributed by atoms with Gasteiger partial charge in [-0.1, -0.05) is 12.6 Å². The van der Waals surface area contributed by atoms with Gasteiger partial charge in [0.2, 0.25) is 5.82 Å². The van der Waals surface area contributed by atoms with Crippen molar-refractivity contribution in [3.63, 3.8) is 0 Å². The highest BCUT2D eigenvalue weighted by atomic mass is 19.1. The summed E-state index contributed by atoms with van der Waals surface area (Å²) in [6.07, 6.45) is -0.339. The Labute approximate surface area is 169 Å². The number of hydrogen-bond acceptors (Lipinski definition) is 7. The Kier molecular flexibility index (Phi) is 5.19. The van der Waals surface area contributed by atoms with Crippen molar-refractivity contribution >= 4 is 18.0 Å². The van der Waals surface area contributed by atoms with E-state index in [1.54, 1.807) is 12.1 Å². The molecule has 0 aliphatic carbocycles. The number of cyclic esters (lactones) is 1. The fourth-order valence-electron chi connectivity index (χ4n) is 2.99. The minimum atomic E-state index is -1.42. The number of benzene rings is 1. The molecule has 9 nitrogen and oxygen atoms in total. The van der Waals surface area contributed by atoms with Crippen LogP contribution in [0.15, 0.2) is 43.1 Å². The summed E-state index contributed by atoms with van der Waals surface area (Å²) >= 11 is 0. The molecule has 1 aliphatic rings. The van der Waals surface area contributed by atoms with Crippen molar-refractivity contribution in [3.8, 4) is 22.6 Å². The summed E-state index contributed by atoms with van der Waals surface area (Å²) in [5, 5.41) is 21.2. The Morgan fingerprint density at radius 2 is 2.20 bits per heavy atom. The quantitative estimate of drug-likeness (QED) is 0.660. The summed E-state index contributed by atoms with van der Waals surface area (Å²) in [5.41, 5.74) is 1.48. The number of ether oxygens (including phenoxy) is 1. The van der Waals surface area contributed by atoms with Gasteiger partial charge in [0.1, 0.15) is 24.3 Å². The van der Waals surface area contributed by atoms with Gasteiger partial charge in [0.15, 0.2) is 6.10 Å². The number of aliphatic hydroxyl groups excluding tert-OH is 1. The number of pyridine rings is 1. The number of hydrogen-bond donors (Lipinski definition) is 1. The van der Waals surface area contributed by atoms with Crippen molar-refractivity contribution in [1.29, 1.82) is 0 Å². The highest BCUT2D eigenvalue weighted by molar-refractivity contribution is 5.90. The molecule has 3 heterocycles. The zero-order valence-electron chi connectivity index (χ0n) is 15.5. The zero-order valence-corrected chi connectivity index (χ0v) is 15.5. The largest absolute Gasteiger partial charge is 0.441 e. The normalized spacial score (nSPS) is 17.1. The van der Waals surface area contributed by atoms with E-state index in [1.165, 1.54) is 35.4 Å². The number of aromatic nitrogens is 5. The van der Waals surface area contributed by atoms with Crippen LogP contribution in [-0.4, -0.2) is 61.8 Å². The first kappa shape index (κ1) is 19.6. The third-order valence-corrected chi connectivity index (χ3v) is 4.58. The number of amides is 1. The fourth-order valence-corrected chi connectivity index (χ4v) is 2.99. The third-order valence-electron chi connectivity index (χ3n) is 4.58. The van der Waals surface area contributed by atoms with Crippen LogP contribution in [0.5, 0.6) is 0 Å². The molecule has 1 aliphatic heterocycles. The topological polar surface area (TPSA) is 106 Å². The molecular formula is C19H16F2N6O3. The first-order valence-electron chi connectivity index (χ1n) is 8.90. The van der Waals surface area contributed by atoms with Gasteiger partial charge in [-0.3, -0.25) is 9.88 Å². The van der Waals surface area contributed by atoms with Gasteiger partial charge in [-0.05, 0) is 29.5 Å². The van der Waals surface area contributed by atoms with Crippen molar-refractivity contribution < 1.29 is 23.4 Å².